The number of likely N-dealkylation sites (tertiary alicyclic amines) is 1. The van der Waals surface area contributed by atoms with Crippen molar-refractivity contribution < 1.29 is 9.90 Å². The molecule has 2 unspecified atom stereocenters. The van der Waals surface area contributed by atoms with Crippen LogP contribution in [0.3, 0.4) is 0 Å². The lowest BCUT2D eigenvalue weighted by atomic mass is 10.1. The molecule has 1 aromatic rings. The van der Waals surface area contributed by atoms with Crippen LogP contribution < -0.4 is 4.90 Å². The van der Waals surface area contributed by atoms with Crippen molar-refractivity contribution in [2.45, 2.75) is 44.8 Å². The molecule has 1 fully saturated rings. The number of para-hydroxylation sites is 1. The van der Waals surface area contributed by atoms with Gasteiger partial charge in [0, 0.05) is 18.3 Å². The van der Waals surface area contributed by atoms with Crippen LogP contribution in [-0.4, -0.2) is 47.7 Å². The highest BCUT2D eigenvalue weighted by Gasteiger charge is 2.30. The average molecular weight is 288 g/mol. The minimum absolute atomic E-state index is 0.192. The molecule has 3 rings (SSSR count). The molecule has 2 heterocycles. The van der Waals surface area contributed by atoms with Gasteiger partial charge in [-0.2, -0.15) is 0 Å². The third-order valence-electron chi connectivity index (χ3n) is 4.64. The van der Waals surface area contributed by atoms with Crippen molar-refractivity contribution in [3.63, 3.8) is 0 Å². The monoisotopic (exact) mass is 288 g/mol. The molecule has 0 bridgehead atoms. The van der Waals surface area contributed by atoms with Crippen molar-refractivity contribution in [2.24, 2.45) is 0 Å². The number of hydrogen-bond donors (Lipinski definition) is 1. The second-order valence-corrected chi connectivity index (χ2v) is 6.28. The molecule has 0 aromatic heterocycles. The molecular formula is C17H24N2O2. The Morgan fingerprint density at radius 2 is 2.19 bits per heavy atom. The van der Waals surface area contributed by atoms with Gasteiger partial charge in [-0.05, 0) is 50.8 Å². The van der Waals surface area contributed by atoms with Crippen molar-refractivity contribution in [3.05, 3.63) is 29.8 Å². The second kappa shape index (κ2) is 6.16. The van der Waals surface area contributed by atoms with Crippen LogP contribution in [0, 0.1) is 0 Å². The van der Waals surface area contributed by atoms with E-state index in [0.717, 1.165) is 44.5 Å². The van der Waals surface area contributed by atoms with Crippen molar-refractivity contribution >= 4 is 11.6 Å². The van der Waals surface area contributed by atoms with Crippen molar-refractivity contribution in [3.8, 4) is 0 Å². The number of amides is 1. The maximum atomic E-state index is 12.6. The topological polar surface area (TPSA) is 43.8 Å². The van der Waals surface area contributed by atoms with Gasteiger partial charge in [0.2, 0.25) is 5.91 Å². The number of aliphatic hydroxyl groups excluding tert-OH is 1. The second-order valence-electron chi connectivity index (χ2n) is 6.28. The van der Waals surface area contributed by atoms with Crippen LogP contribution in [0.2, 0.25) is 0 Å². The van der Waals surface area contributed by atoms with Gasteiger partial charge < -0.3 is 10.0 Å². The molecule has 0 saturated carbocycles. The molecule has 1 N–H and O–H groups in total. The Bertz CT molecular complexity index is 515. The first-order valence-corrected chi connectivity index (χ1v) is 7.95. The molecule has 1 saturated heterocycles. The van der Waals surface area contributed by atoms with E-state index in [9.17, 15) is 9.90 Å². The molecule has 2 atom stereocenters. The summed E-state index contributed by atoms with van der Waals surface area (Å²) >= 11 is 0. The smallest absolute Gasteiger partial charge is 0.241 e. The zero-order valence-corrected chi connectivity index (χ0v) is 12.7. The summed E-state index contributed by atoms with van der Waals surface area (Å²) in [5, 5.41) is 9.58. The van der Waals surface area contributed by atoms with Crippen LogP contribution in [0.25, 0.3) is 0 Å². The first-order valence-electron chi connectivity index (χ1n) is 7.95. The van der Waals surface area contributed by atoms with Gasteiger partial charge in [-0.1, -0.05) is 18.2 Å². The van der Waals surface area contributed by atoms with Crippen molar-refractivity contribution in [1.29, 1.82) is 0 Å². The normalized spacial score (nSPS) is 23.3. The zero-order valence-electron chi connectivity index (χ0n) is 12.7. The van der Waals surface area contributed by atoms with Crippen molar-refractivity contribution in [1.82, 2.24) is 4.90 Å². The number of fused-ring (bicyclic) bond motifs is 1. The van der Waals surface area contributed by atoms with E-state index in [2.05, 4.69) is 11.0 Å². The fourth-order valence-electron chi connectivity index (χ4n) is 3.62. The SMILES string of the molecule is CC(O)CC1CCCN1CC(=O)N1CCc2ccccc21. The lowest BCUT2D eigenvalue weighted by Gasteiger charge is -2.27. The Balaban J connectivity index is 1.64. The highest BCUT2D eigenvalue weighted by atomic mass is 16.3. The third-order valence-corrected chi connectivity index (χ3v) is 4.64. The fourth-order valence-corrected chi connectivity index (χ4v) is 3.62. The Labute approximate surface area is 126 Å². The van der Waals surface area contributed by atoms with Gasteiger partial charge >= 0.3 is 0 Å². The lowest BCUT2D eigenvalue weighted by Crippen LogP contribution is -2.42. The predicted molar refractivity (Wildman–Crippen MR) is 83.4 cm³/mol. The first-order chi connectivity index (χ1) is 10.1. The molecule has 114 valence electrons. The van der Waals surface area contributed by atoms with E-state index in [0.29, 0.717) is 12.6 Å². The van der Waals surface area contributed by atoms with Gasteiger partial charge in [-0.25, -0.2) is 0 Å². The molecule has 0 aliphatic carbocycles. The van der Waals surface area contributed by atoms with Gasteiger partial charge in [-0.15, -0.1) is 0 Å². The van der Waals surface area contributed by atoms with E-state index < -0.39 is 0 Å². The number of nitrogens with zero attached hydrogens (tertiary/aromatic N) is 2. The molecule has 2 aliphatic rings. The summed E-state index contributed by atoms with van der Waals surface area (Å²) in [6.45, 7) is 4.08. The lowest BCUT2D eigenvalue weighted by molar-refractivity contribution is -0.120. The van der Waals surface area contributed by atoms with E-state index in [1.165, 1.54) is 5.56 Å². The Morgan fingerprint density at radius 3 is 3.00 bits per heavy atom. The number of carbonyl (C=O) groups excluding carboxylic acids is 1. The zero-order chi connectivity index (χ0) is 14.8. The van der Waals surface area contributed by atoms with Gasteiger partial charge in [0.25, 0.3) is 0 Å². The van der Waals surface area contributed by atoms with E-state index in [1.807, 2.05) is 30.0 Å². The third kappa shape index (κ3) is 3.11. The molecule has 21 heavy (non-hydrogen) atoms. The largest absolute Gasteiger partial charge is 0.393 e. The predicted octanol–water partition coefficient (Wildman–Crippen LogP) is 1.81. The quantitative estimate of drug-likeness (QED) is 0.919. The van der Waals surface area contributed by atoms with Crippen LogP contribution in [0.1, 0.15) is 31.7 Å². The maximum Gasteiger partial charge on any atom is 0.241 e. The van der Waals surface area contributed by atoms with E-state index in [-0.39, 0.29) is 12.0 Å². The first kappa shape index (κ1) is 14.5. The van der Waals surface area contributed by atoms with Crippen molar-refractivity contribution in [2.75, 3.05) is 24.5 Å². The van der Waals surface area contributed by atoms with Crippen LogP contribution >= 0.6 is 0 Å². The standard InChI is InChI=1S/C17H24N2O2/c1-13(20)11-15-6-4-9-18(15)12-17(21)19-10-8-14-5-2-3-7-16(14)19/h2-3,5,7,13,15,20H,4,6,8-12H2,1H3. The number of aliphatic hydroxyl groups is 1. The minimum Gasteiger partial charge on any atom is -0.393 e. The molecule has 1 aromatic carbocycles. The van der Waals surface area contributed by atoms with Crippen LogP contribution in [0.4, 0.5) is 5.69 Å². The molecule has 2 aliphatic heterocycles. The van der Waals surface area contributed by atoms with Crippen LogP contribution in [-0.2, 0) is 11.2 Å². The molecule has 1 amide bonds. The summed E-state index contributed by atoms with van der Waals surface area (Å²) < 4.78 is 0. The summed E-state index contributed by atoms with van der Waals surface area (Å²) in [4.78, 5) is 16.8. The van der Waals surface area contributed by atoms with Gasteiger partial charge in [0.15, 0.2) is 0 Å². The number of benzene rings is 1. The highest BCUT2D eigenvalue weighted by molar-refractivity contribution is 5.96. The van der Waals surface area contributed by atoms with Gasteiger partial charge in [0.1, 0.15) is 0 Å². The number of carbonyl (C=O) groups is 1. The number of hydrogen-bond acceptors (Lipinski definition) is 3. The Morgan fingerprint density at radius 1 is 1.38 bits per heavy atom. The molecule has 0 radical (unpaired) electrons. The molecule has 0 spiro atoms. The maximum absolute atomic E-state index is 12.6. The highest BCUT2D eigenvalue weighted by Crippen LogP contribution is 2.28. The Hall–Kier alpha value is -1.39. The average Bonchev–Trinajstić information content (AvgIpc) is 3.05. The number of anilines is 1. The van der Waals surface area contributed by atoms with Gasteiger partial charge in [0.05, 0.1) is 12.6 Å². The fraction of sp³-hybridized carbons (Fsp3) is 0.588. The van der Waals surface area contributed by atoms with E-state index >= 15 is 0 Å². The van der Waals surface area contributed by atoms with Crippen LogP contribution in [0.15, 0.2) is 24.3 Å². The Kier molecular flexibility index (Phi) is 4.27. The van der Waals surface area contributed by atoms with E-state index in [4.69, 9.17) is 0 Å². The minimum atomic E-state index is -0.293. The number of rotatable bonds is 4. The van der Waals surface area contributed by atoms with Gasteiger partial charge in [-0.3, -0.25) is 9.69 Å². The molecule has 4 nitrogen and oxygen atoms in total. The summed E-state index contributed by atoms with van der Waals surface area (Å²) in [7, 11) is 0. The summed E-state index contributed by atoms with van der Waals surface area (Å²) in [5.41, 5.74) is 2.35. The summed E-state index contributed by atoms with van der Waals surface area (Å²) in [6, 6.07) is 8.53. The van der Waals surface area contributed by atoms with Crippen LogP contribution in [0.5, 0.6) is 0 Å². The summed E-state index contributed by atoms with van der Waals surface area (Å²) in [5.74, 6) is 0.192. The molecular weight excluding hydrogens is 264 g/mol. The van der Waals surface area contributed by atoms with E-state index in [1.54, 1.807) is 0 Å². The summed E-state index contributed by atoms with van der Waals surface area (Å²) in [6.07, 6.45) is 3.65. The molecule has 4 heteroatoms.